The highest BCUT2D eigenvalue weighted by Gasteiger charge is 2.15. The van der Waals surface area contributed by atoms with Gasteiger partial charge in [0.1, 0.15) is 6.07 Å². The van der Waals surface area contributed by atoms with Crippen LogP contribution in [0.1, 0.15) is 17.0 Å². The maximum Gasteiger partial charge on any atom is 0.101 e. The standard InChI is InChI=1S/C26H19N3/c1-17-13-21(14-18(2)28-17)19-11-12-20(16-27)26(15-19)29-24-9-5-3-7-22(24)23-8-4-6-10-25(23)29/h3-15H,1-2H3. The molecule has 2 heterocycles. The lowest BCUT2D eigenvalue weighted by Crippen LogP contribution is -1.98. The molecule has 3 nitrogen and oxygen atoms in total. The van der Waals surface area contributed by atoms with Crippen LogP contribution in [-0.2, 0) is 0 Å². The molecule has 0 spiro atoms. The zero-order chi connectivity index (χ0) is 20.0. The van der Waals surface area contributed by atoms with E-state index in [1.807, 2.05) is 38.1 Å². The molecule has 0 amide bonds. The van der Waals surface area contributed by atoms with Gasteiger partial charge >= 0.3 is 0 Å². The zero-order valence-electron chi connectivity index (χ0n) is 16.3. The second-order valence-corrected chi connectivity index (χ2v) is 7.35. The smallest absolute Gasteiger partial charge is 0.101 e. The average molecular weight is 373 g/mol. The van der Waals surface area contributed by atoms with Crippen molar-refractivity contribution in [1.82, 2.24) is 9.55 Å². The van der Waals surface area contributed by atoms with Crippen LogP contribution in [0.15, 0.2) is 78.9 Å². The first-order valence-electron chi connectivity index (χ1n) is 9.64. The number of fused-ring (bicyclic) bond motifs is 3. The number of aromatic nitrogens is 2. The first kappa shape index (κ1) is 17.2. The van der Waals surface area contributed by atoms with Gasteiger partial charge in [-0.05, 0) is 61.4 Å². The van der Waals surface area contributed by atoms with Crippen molar-refractivity contribution in [2.24, 2.45) is 0 Å². The fourth-order valence-corrected chi connectivity index (χ4v) is 4.17. The molecule has 0 bridgehead atoms. The van der Waals surface area contributed by atoms with Gasteiger partial charge < -0.3 is 4.57 Å². The number of para-hydroxylation sites is 2. The third-order valence-corrected chi connectivity index (χ3v) is 5.35. The van der Waals surface area contributed by atoms with Crippen molar-refractivity contribution >= 4 is 21.8 Å². The van der Waals surface area contributed by atoms with E-state index >= 15 is 0 Å². The third kappa shape index (κ3) is 2.78. The van der Waals surface area contributed by atoms with Gasteiger partial charge in [-0.3, -0.25) is 4.98 Å². The molecule has 0 fully saturated rings. The Kier molecular flexibility index (Phi) is 3.93. The lowest BCUT2D eigenvalue weighted by atomic mass is 10.0. The van der Waals surface area contributed by atoms with Crippen LogP contribution in [0.2, 0.25) is 0 Å². The van der Waals surface area contributed by atoms with Crippen LogP contribution in [0, 0.1) is 25.2 Å². The molecule has 3 heteroatoms. The van der Waals surface area contributed by atoms with Crippen molar-refractivity contribution in [2.75, 3.05) is 0 Å². The summed E-state index contributed by atoms with van der Waals surface area (Å²) in [6, 6.07) is 29.3. The van der Waals surface area contributed by atoms with Crippen molar-refractivity contribution in [3.8, 4) is 22.9 Å². The molecular weight excluding hydrogens is 354 g/mol. The number of pyridine rings is 1. The SMILES string of the molecule is Cc1cc(-c2ccc(C#N)c(-n3c4ccccc4c4ccccc43)c2)cc(C)n1. The molecule has 0 radical (unpaired) electrons. The van der Waals surface area contributed by atoms with Crippen LogP contribution < -0.4 is 0 Å². The van der Waals surface area contributed by atoms with E-state index in [1.165, 1.54) is 10.8 Å². The second-order valence-electron chi connectivity index (χ2n) is 7.35. The normalized spacial score (nSPS) is 11.1. The summed E-state index contributed by atoms with van der Waals surface area (Å²) < 4.78 is 2.20. The monoisotopic (exact) mass is 373 g/mol. The molecular formula is C26H19N3. The van der Waals surface area contributed by atoms with Crippen LogP contribution in [0.4, 0.5) is 0 Å². The molecule has 5 rings (SSSR count). The topological polar surface area (TPSA) is 41.6 Å². The summed E-state index contributed by atoms with van der Waals surface area (Å²) >= 11 is 0. The number of rotatable bonds is 2. The van der Waals surface area contributed by atoms with Gasteiger partial charge in [0.05, 0.1) is 22.3 Å². The minimum atomic E-state index is 0.655. The van der Waals surface area contributed by atoms with E-state index < -0.39 is 0 Å². The van der Waals surface area contributed by atoms with Gasteiger partial charge in [0.2, 0.25) is 0 Å². The van der Waals surface area contributed by atoms with Crippen molar-refractivity contribution in [3.63, 3.8) is 0 Å². The van der Waals surface area contributed by atoms with E-state index in [-0.39, 0.29) is 0 Å². The van der Waals surface area contributed by atoms with Gasteiger partial charge in [-0.25, -0.2) is 0 Å². The van der Waals surface area contributed by atoms with Gasteiger partial charge in [0.25, 0.3) is 0 Å². The third-order valence-electron chi connectivity index (χ3n) is 5.35. The van der Waals surface area contributed by atoms with Crippen molar-refractivity contribution < 1.29 is 0 Å². The first-order chi connectivity index (χ1) is 14.2. The minimum absolute atomic E-state index is 0.655. The molecule has 138 valence electrons. The fraction of sp³-hybridized carbons (Fsp3) is 0.0769. The summed E-state index contributed by atoms with van der Waals surface area (Å²) in [6.45, 7) is 4.02. The quantitative estimate of drug-likeness (QED) is 0.362. The van der Waals surface area contributed by atoms with E-state index in [4.69, 9.17) is 0 Å². The number of nitriles is 1. The van der Waals surface area contributed by atoms with E-state index in [1.54, 1.807) is 0 Å². The second kappa shape index (κ2) is 6.61. The summed E-state index contributed by atoms with van der Waals surface area (Å²) in [4.78, 5) is 4.49. The Hall–Kier alpha value is -3.90. The van der Waals surface area contributed by atoms with E-state index in [0.29, 0.717) is 5.56 Å². The Morgan fingerprint density at radius 2 is 1.31 bits per heavy atom. The van der Waals surface area contributed by atoms with Crippen LogP contribution in [0.3, 0.4) is 0 Å². The molecule has 29 heavy (non-hydrogen) atoms. The molecule has 2 aromatic heterocycles. The summed E-state index contributed by atoms with van der Waals surface area (Å²) in [6.07, 6.45) is 0. The Morgan fingerprint density at radius 3 is 1.90 bits per heavy atom. The number of nitrogens with zero attached hydrogens (tertiary/aromatic N) is 3. The largest absolute Gasteiger partial charge is 0.308 e. The predicted octanol–water partition coefficient (Wildman–Crippen LogP) is 6.33. The first-order valence-corrected chi connectivity index (χ1v) is 9.64. The molecule has 0 aliphatic heterocycles. The predicted molar refractivity (Wildman–Crippen MR) is 118 cm³/mol. The van der Waals surface area contributed by atoms with Gasteiger partial charge in [-0.2, -0.15) is 5.26 Å². The number of benzene rings is 3. The highest BCUT2D eigenvalue weighted by atomic mass is 15.0. The van der Waals surface area contributed by atoms with Gasteiger partial charge in [-0.1, -0.05) is 42.5 Å². The molecule has 0 aliphatic carbocycles. The van der Waals surface area contributed by atoms with Crippen LogP contribution in [0.25, 0.3) is 38.6 Å². The number of hydrogen-bond acceptors (Lipinski definition) is 2. The maximum absolute atomic E-state index is 9.84. The Balaban J connectivity index is 1.86. The van der Waals surface area contributed by atoms with E-state index in [9.17, 15) is 5.26 Å². The Morgan fingerprint density at radius 1 is 0.724 bits per heavy atom. The molecule has 3 aromatic carbocycles. The fourth-order valence-electron chi connectivity index (χ4n) is 4.17. The van der Waals surface area contributed by atoms with Gasteiger partial charge in [-0.15, -0.1) is 0 Å². The molecule has 0 aliphatic rings. The van der Waals surface area contributed by atoms with Crippen LogP contribution in [-0.4, -0.2) is 9.55 Å². The molecule has 0 atom stereocenters. The maximum atomic E-state index is 9.84. The molecule has 0 unspecified atom stereocenters. The molecule has 0 saturated heterocycles. The van der Waals surface area contributed by atoms with Crippen molar-refractivity contribution in [3.05, 3.63) is 95.8 Å². The number of hydrogen-bond donors (Lipinski definition) is 0. The summed E-state index contributed by atoms with van der Waals surface area (Å²) in [5.74, 6) is 0. The Labute approximate surface area is 169 Å². The highest BCUT2D eigenvalue weighted by Crippen LogP contribution is 2.34. The summed E-state index contributed by atoms with van der Waals surface area (Å²) in [5.41, 5.74) is 7.92. The highest BCUT2D eigenvalue weighted by molar-refractivity contribution is 6.09. The minimum Gasteiger partial charge on any atom is -0.308 e. The van der Waals surface area contributed by atoms with E-state index in [0.717, 1.165) is 39.2 Å². The summed E-state index contributed by atoms with van der Waals surface area (Å²) in [5, 5.41) is 12.2. The number of aryl methyl sites for hydroxylation is 2. The van der Waals surface area contributed by atoms with E-state index in [2.05, 4.69) is 70.2 Å². The Bertz CT molecular complexity index is 1360. The van der Waals surface area contributed by atoms with Crippen molar-refractivity contribution in [2.45, 2.75) is 13.8 Å². The van der Waals surface area contributed by atoms with Crippen LogP contribution >= 0.6 is 0 Å². The van der Waals surface area contributed by atoms with Gasteiger partial charge in [0.15, 0.2) is 0 Å². The molecule has 5 aromatic rings. The van der Waals surface area contributed by atoms with Gasteiger partial charge in [0, 0.05) is 22.2 Å². The summed E-state index contributed by atoms with van der Waals surface area (Å²) in [7, 11) is 0. The lowest BCUT2D eigenvalue weighted by Gasteiger charge is -2.13. The zero-order valence-corrected chi connectivity index (χ0v) is 16.3. The van der Waals surface area contributed by atoms with Crippen molar-refractivity contribution in [1.29, 1.82) is 5.26 Å². The lowest BCUT2D eigenvalue weighted by molar-refractivity contribution is 1.12. The molecule has 0 N–H and O–H groups in total. The average Bonchev–Trinajstić information content (AvgIpc) is 3.07. The molecule has 0 saturated carbocycles. The van der Waals surface area contributed by atoms with Crippen LogP contribution in [0.5, 0.6) is 0 Å².